The van der Waals surface area contributed by atoms with Crippen molar-refractivity contribution in [2.45, 2.75) is 31.7 Å². The molecule has 0 spiro atoms. The summed E-state index contributed by atoms with van der Waals surface area (Å²) in [4.78, 5) is 3.86. The lowest BCUT2D eigenvalue weighted by atomic mass is 10.3. The Morgan fingerprint density at radius 1 is 1.40 bits per heavy atom. The minimum Gasteiger partial charge on any atom is -0.246 e. The highest BCUT2D eigenvalue weighted by atomic mass is 32.2. The molecule has 1 aliphatic carbocycles. The molecule has 1 aromatic rings. The highest BCUT2D eigenvalue weighted by molar-refractivity contribution is 7.91. The standard InChI is InChI=1S/C8H13N3O2S2/c12-15(13,10-7-3-1-2-4-7)11-8-9-5-6-14-8/h5-7,10H,1-4H2,(H,9,11). The van der Waals surface area contributed by atoms with Crippen LogP contribution in [0.3, 0.4) is 0 Å². The van der Waals surface area contributed by atoms with Gasteiger partial charge in [-0.2, -0.15) is 13.1 Å². The predicted octanol–water partition coefficient (Wildman–Crippen LogP) is 1.33. The Morgan fingerprint density at radius 2 is 2.13 bits per heavy atom. The monoisotopic (exact) mass is 247 g/mol. The summed E-state index contributed by atoms with van der Waals surface area (Å²) < 4.78 is 28.2. The molecule has 1 heterocycles. The second-order valence-corrected chi connectivity index (χ2v) is 5.88. The molecule has 2 rings (SSSR count). The number of hydrogen-bond acceptors (Lipinski definition) is 4. The van der Waals surface area contributed by atoms with E-state index in [1.54, 1.807) is 11.6 Å². The average Bonchev–Trinajstić information content (AvgIpc) is 2.75. The van der Waals surface area contributed by atoms with Crippen molar-refractivity contribution in [2.24, 2.45) is 0 Å². The van der Waals surface area contributed by atoms with E-state index < -0.39 is 10.2 Å². The first-order chi connectivity index (χ1) is 7.16. The molecule has 84 valence electrons. The van der Waals surface area contributed by atoms with E-state index in [1.165, 1.54) is 11.3 Å². The van der Waals surface area contributed by atoms with Gasteiger partial charge in [-0.3, -0.25) is 0 Å². The van der Waals surface area contributed by atoms with E-state index in [9.17, 15) is 8.42 Å². The fourth-order valence-electron chi connectivity index (χ4n) is 1.68. The lowest BCUT2D eigenvalue weighted by Gasteiger charge is -2.12. The van der Waals surface area contributed by atoms with Crippen molar-refractivity contribution in [3.05, 3.63) is 11.6 Å². The Kier molecular flexibility index (Phi) is 3.22. The van der Waals surface area contributed by atoms with Crippen LogP contribution < -0.4 is 9.44 Å². The second-order valence-electron chi connectivity index (χ2n) is 3.54. The number of thiazole rings is 1. The molecule has 15 heavy (non-hydrogen) atoms. The van der Waals surface area contributed by atoms with Crippen molar-refractivity contribution in [2.75, 3.05) is 4.72 Å². The van der Waals surface area contributed by atoms with E-state index in [-0.39, 0.29) is 6.04 Å². The van der Waals surface area contributed by atoms with E-state index in [0.717, 1.165) is 25.7 Å². The van der Waals surface area contributed by atoms with Crippen LogP contribution in [0.25, 0.3) is 0 Å². The van der Waals surface area contributed by atoms with Gasteiger partial charge in [0.25, 0.3) is 0 Å². The summed E-state index contributed by atoms with van der Waals surface area (Å²) in [5.41, 5.74) is 0. The van der Waals surface area contributed by atoms with Gasteiger partial charge in [-0.15, -0.1) is 11.3 Å². The normalized spacial score (nSPS) is 18.1. The molecule has 1 fully saturated rings. The molecular formula is C8H13N3O2S2. The van der Waals surface area contributed by atoms with Crippen molar-refractivity contribution in [3.63, 3.8) is 0 Å². The van der Waals surface area contributed by atoms with Gasteiger partial charge in [0.05, 0.1) is 0 Å². The predicted molar refractivity (Wildman–Crippen MR) is 60.0 cm³/mol. The van der Waals surface area contributed by atoms with Crippen LogP contribution in [0, 0.1) is 0 Å². The zero-order chi connectivity index (χ0) is 10.7. The Balaban J connectivity index is 1.94. The summed E-state index contributed by atoms with van der Waals surface area (Å²) >= 11 is 1.27. The zero-order valence-corrected chi connectivity index (χ0v) is 9.77. The van der Waals surface area contributed by atoms with Gasteiger partial charge in [0, 0.05) is 17.6 Å². The van der Waals surface area contributed by atoms with Crippen molar-refractivity contribution in [3.8, 4) is 0 Å². The Bertz CT molecular complexity index is 396. The molecule has 1 saturated carbocycles. The Hall–Kier alpha value is -0.660. The van der Waals surface area contributed by atoms with Gasteiger partial charge < -0.3 is 0 Å². The summed E-state index contributed by atoms with van der Waals surface area (Å²) in [5, 5.41) is 2.13. The summed E-state index contributed by atoms with van der Waals surface area (Å²) in [5.74, 6) is 0. The van der Waals surface area contributed by atoms with Gasteiger partial charge in [0.1, 0.15) is 0 Å². The third-order valence-electron chi connectivity index (χ3n) is 2.33. The highest BCUT2D eigenvalue weighted by Gasteiger charge is 2.21. The van der Waals surface area contributed by atoms with Gasteiger partial charge in [-0.05, 0) is 12.8 Å². The average molecular weight is 247 g/mol. The van der Waals surface area contributed by atoms with Crippen LogP contribution >= 0.6 is 11.3 Å². The first-order valence-electron chi connectivity index (χ1n) is 4.85. The van der Waals surface area contributed by atoms with Gasteiger partial charge in [-0.25, -0.2) is 9.71 Å². The van der Waals surface area contributed by atoms with Crippen LogP contribution in [-0.2, 0) is 10.2 Å². The molecule has 5 nitrogen and oxygen atoms in total. The van der Waals surface area contributed by atoms with E-state index in [4.69, 9.17) is 0 Å². The minimum absolute atomic E-state index is 0.0856. The number of aromatic nitrogens is 1. The van der Waals surface area contributed by atoms with E-state index in [2.05, 4.69) is 14.4 Å². The van der Waals surface area contributed by atoms with E-state index in [1.807, 2.05) is 0 Å². The molecule has 1 aliphatic rings. The molecule has 0 saturated heterocycles. The summed E-state index contributed by atoms with van der Waals surface area (Å²) in [7, 11) is -3.44. The number of nitrogens with one attached hydrogen (secondary N) is 2. The fraction of sp³-hybridized carbons (Fsp3) is 0.625. The third kappa shape index (κ3) is 3.15. The van der Waals surface area contributed by atoms with Crippen molar-refractivity contribution in [1.82, 2.24) is 9.71 Å². The first-order valence-corrected chi connectivity index (χ1v) is 7.21. The number of rotatable bonds is 4. The van der Waals surface area contributed by atoms with E-state index >= 15 is 0 Å². The lowest BCUT2D eigenvalue weighted by Crippen LogP contribution is -2.36. The van der Waals surface area contributed by atoms with E-state index in [0.29, 0.717) is 5.13 Å². The second kappa shape index (κ2) is 4.46. The minimum atomic E-state index is -3.44. The van der Waals surface area contributed by atoms with Gasteiger partial charge >= 0.3 is 10.2 Å². The molecule has 0 unspecified atom stereocenters. The lowest BCUT2D eigenvalue weighted by molar-refractivity contribution is 0.557. The molecule has 2 N–H and O–H groups in total. The van der Waals surface area contributed by atoms with Crippen molar-refractivity contribution >= 4 is 26.7 Å². The third-order valence-corrected chi connectivity index (χ3v) is 4.25. The Morgan fingerprint density at radius 3 is 2.73 bits per heavy atom. The molecule has 0 aliphatic heterocycles. The number of hydrogen-bond donors (Lipinski definition) is 2. The van der Waals surface area contributed by atoms with Crippen LogP contribution in [0.1, 0.15) is 25.7 Å². The maximum atomic E-state index is 11.6. The van der Waals surface area contributed by atoms with Crippen LogP contribution in [0.5, 0.6) is 0 Å². The summed E-state index contributed by atoms with van der Waals surface area (Å²) in [6, 6.07) is 0.0856. The number of nitrogens with zero attached hydrogens (tertiary/aromatic N) is 1. The van der Waals surface area contributed by atoms with Gasteiger partial charge in [-0.1, -0.05) is 12.8 Å². The molecule has 0 atom stereocenters. The molecule has 0 bridgehead atoms. The summed E-state index contributed by atoms with van der Waals surface area (Å²) in [6.07, 6.45) is 5.63. The molecule has 0 aromatic carbocycles. The molecule has 0 radical (unpaired) electrons. The van der Waals surface area contributed by atoms with Gasteiger partial charge in [0.15, 0.2) is 5.13 Å². The van der Waals surface area contributed by atoms with Crippen LogP contribution in [0.4, 0.5) is 5.13 Å². The topological polar surface area (TPSA) is 71.1 Å². The fourth-order valence-corrected chi connectivity index (χ4v) is 3.59. The molecular weight excluding hydrogens is 234 g/mol. The maximum absolute atomic E-state index is 11.6. The Labute approximate surface area is 93.1 Å². The quantitative estimate of drug-likeness (QED) is 0.843. The number of anilines is 1. The van der Waals surface area contributed by atoms with Crippen molar-refractivity contribution < 1.29 is 8.42 Å². The molecule has 0 amide bonds. The van der Waals surface area contributed by atoms with Crippen LogP contribution in [-0.4, -0.2) is 19.4 Å². The largest absolute Gasteiger partial charge is 0.301 e. The SMILES string of the molecule is O=S(=O)(Nc1nccs1)NC1CCCC1. The maximum Gasteiger partial charge on any atom is 0.301 e. The van der Waals surface area contributed by atoms with Crippen LogP contribution in [0.15, 0.2) is 11.6 Å². The first kappa shape index (κ1) is 10.8. The molecule has 7 heteroatoms. The zero-order valence-electron chi connectivity index (χ0n) is 8.14. The molecule has 1 aromatic heterocycles. The van der Waals surface area contributed by atoms with Crippen molar-refractivity contribution in [1.29, 1.82) is 0 Å². The van der Waals surface area contributed by atoms with Gasteiger partial charge in [0.2, 0.25) is 0 Å². The highest BCUT2D eigenvalue weighted by Crippen LogP contribution is 2.19. The van der Waals surface area contributed by atoms with Crippen LogP contribution in [0.2, 0.25) is 0 Å². The smallest absolute Gasteiger partial charge is 0.246 e. The summed E-state index contributed by atoms with van der Waals surface area (Å²) in [6.45, 7) is 0.